The van der Waals surface area contributed by atoms with E-state index in [2.05, 4.69) is 0 Å². The first-order valence-corrected chi connectivity index (χ1v) is 11.0. The molecule has 5 rings (SSSR count). The number of carbonyl (C=O) groups excluding carboxylic acids is 2. The van der Waals surface area contributed by atoms with Crippen LogP contribution in [-0.2, 0) is 28.0 Å². The molecule has 1 saturated carbocycles. The Balaban J connectivity index is 1.52. The van der Waals surface area contributed by atoms with Crippen LogP contribution in [0.4, 0.5) is 4.79 Å². The number of methoxy groups -OCH3 is 1. The summed E-state index contributed by atoms with van der Waals surface area (Å²) in [4.78, 5) is 27.3. The Kier molecular flexibility index (Phi) is 4.89. The fourth-order valence-corrected chi connectivity index (χ4v) is 6.08. The summed E-state index contributed by atoms with van der Waals surface area (Å²) in [6, 6.07) is 12.5. The number of rotatable bonds is 3. The van der Waals surface area contributed by atoms with E-state index in [-0.39, 0.29) is 37.4 Å². The van der Waals surface area contributed by atoms with Crippen molar-refractivity contribution in [3.63, 3.8) is 0 Å². The molecule has 0 unspecified atom stereocenters. The molecule has 2 aliphatic carbocycles. The first-order chi connectivity index (χ1) is 15.4. The van der Waals surface area contributed by atoms with Crippen LogP contribution < -0.4 is 4.74 Å². The summed E-state index contributed by atoms with van der Waals surface area (Å²) < 4.78 is 10.9. The Hall–Kier alpha value is -3.06. The quantitative estimate of drug-likeness (QED) is 0.766. The number of hydrogen-bond donors (Lipinski definition) is 2. The second-order valence-corrected chi connectivity index (χ2v) is 9.08. The normalized spacial score (nSPS) is 28.5. The van der Waals surface area contributed by atoms with Crippen molar-refractivity contribution in [1.29, 1.82) is 0 Å². The van der Waals surface area contributed by atoms with Gasteiger partial charge in [0, 0.05) is 30.4 Å². The molecule has 3 aliphatic rings. The summed E-state index contributed by atoms with van der Waals surface area (Å²) in [6.45, 7) is 0.490. The number of phenols is 1. The standard InChI is InChI=1S/C25H27NO6/c1-31-19-8-7-17-13-20-25(30)10-9-18(27)14-24(25,21(17)22(19)28)11-12-26(20)23(29)32-15-16-5-3-2-4-6-16/h2-8,20,28,30H,9-15H2,1H3/t20-,24-,25-/m1/s1. The molecular formula is C25H27NO6. The van der Waals surface area contributed by atoms with Crippen LogP contribution in [-0.4, -0.2) is 52.3 Å². The highest BCUT2D eigenvalue weighted by Gasteiger charge is 2.66. The van der Waals surface area contributed by atoms with Gasteiger partial charge in [0.25, 0.3) is 0 Å². The van der Waals surface area contributed by atoms with Gasteiger partial charge in [-0.25, -0.2) is 4.79 Å². The predicted octanol–water partition coefficient (Wildman–Crippen LogP) is 3.09. The number of ether oxygens (including phenoxy) is 2. The molecule has 3 atom stereocenters. The zero-order valence-corrected chi connectivity index (χ0v) is 18.0. The van der Waals surface area contributed by atoms with E-state index in [1.54, 1.807) is 11.0 Å². The molecular weight excluding hydrogens is 410 g/mol. The number of ketones is 1. The van der Waals surface area contributed by atoms with Gasteiger partial charge in [-0.1, -0.05) is 36.4 Å². The number of likely N-dealkylation sites (tertiary alicyclic amines) is 1. The third-order valence-corrected chi connectivity index (χ3v) is 7.60. The molecule has 0 radical (unpaired) electrons. The minimum Gasteiger partial charge on any atom is -0.504 e. The molecule has 2 aromatic carbocycles. The van der Waals surface area contributed by atoms with Crippen LogP contribution in [0.2, 0.25) is 0 Å². The van der Waals surface area contributed by atoms with Gasteiger partial charge < -0.3 is 24.6 Å². The lowest BCUT2D eigenvalue weighted by molar-refractivity contribution is -0.168. The molecule has 2 fully saturated rings. The number of aromatic hydroxyl groups is 1. The highest BCUT2D eigenvalue weighted by molar-refractivity contribution is 5.83. The second-order valence-electron chi connectivity index (χ2n) is 9.08. The average molecular weight is 437 g/mol. The maximum atomic E-state index is 13.1. The van der Waals surface area contributed by atoms with E-state index in [0.29, 0.717) is 30.7 Å². The Labute approximate surface area is 186 Å². The average Bonchev–Trinajstić information content (AvgIpc) is 2.78. The maximum Gasteiger partial charge on any atom is 0.410 e. The van der Waals surface area contributed by atoms with Crippen molar-refractivity contribution in [2.24, 2.45) is 0 Å². The lowest BCUT2D eigenvalue weighted by atomic mass is 9.49. The van der Waals surface area contributed by atoms with Crippen LogP contribution >= 0.6 is 0 Å². The minimum absolute atomic E-state index is 0.0170. The SMILES string of the molecule is COc1ccc2c(c1O)[C@]13CCN(C(=O)OCc4ccccc4)[C@H](C2)[C@]1(O)CCC(=O)C3. The smallest absolute Gasteiger partial charge is 0.410 e. The Morgan fingerprint density at radius 1 is 1.19 bits per heavy atom. The van der Waals surface area contributed by atoms with Gasteiger partial charge in [0.05, 0.1) is 18.8 Å². The zero-order valence-electron chi connectivity index (χ0n) is 18.0. The number of amides is 1. The summed E-state index contributed by atoms with van der Waals surface area (Å²) in [6.07, 6.45) is 0.899. The molecule has 7 nitrogen and oxygen atoms in total. The monoisotopic (exact) mass is 437 g/mol. The van der Waals surface area contributed by atoms with Gasteiger partial charge in [-0.15, -0.1) is 0 Å². The predicted molar refractivity (Wildman–Crippen MR) is 116 cm³/mol. The molecule has 1 heterocycles. The number of hydrogen-bond acceptors (Lipinski definition) is 6. The summed E-state index contributed by atoms with van der Waals surface area (Å²) in [5.74, 6) is 0.363. The number of carbonyl (C=O) groups is 2. The third kappa shape index (κ3) is 2.91. The van der Waals surface area contributed by atoms with Crippen molar-refractivity contribution in [2.75, 3.05) is 13.7 Å². The lowest BCUT2D eigenvalue weighted by Gasteiger charge is -2.62. The number of phenolic OH excluding ortho intramolecular Hbond substituents is 1. The van der Waals surface area contributed by atoms with Crippen molar-refractivity contribution in [1.82, 2.24) is 4.90 Å². The molecule has 0 aromatic heterocycles. The van der Waals surface area contributed by atoms with Gasteiger partial charge in [0.2, 0.25) is 0 Å². The maximum absolute atomic E-state index is 13.1. The molecule has 32 heavy (non-hydrogen) atoms. The van der Waals surface area contributed by atoms with E-state index in [9.17, 15) is 19.8 Å². The number of piperidine rings is 1. The van der Waals surface area contributed by atoms with Gasteiger partial charge in [-0.05, 0) is 36.5 Å². The second kappa shape index (κ2) is 7.52. The number of fused-ring (bicyclic) bond motifs is 1. The van der Waals surface area contributed by atoms with Crippen LogP contribution in [0.3, 0.4) is 0 Å². The molecule has 7 heteroatoms. The van der Waals surface area contributed by atoms with Gasteiger partial charge in [-0.3, -0.25) is 4.79 Å². The molecule has 2 bridgehead atoms. The fraction of sp³-hybridized carbons (Fsp3) is 0.440. The van der Waals surface area contributed by atoms with Crippen molar-refractivity contribution >= 4 is 11.9 Å². The molecule has 1 saturated heterocycles. The lowest BCUT2D eigenvalue weighted by Crippen LogP contribution is -2.73. The largest absolute Gasteiger partial charge is 0.504 e. The summed E-state index contributed by atoms with van der Waals surface area (Å²) in [5.41, 5.74) is 0.0337. The summed E-state index contributed by atoms with van der Waals surface area (Å²) in [5, 5.41) is 23.1. The topological polar surface area (TPSA) is 96.3 Å². The number of benzene rings is 2. The molecule has 168 valence electrons. The Morgan fingerprint density at radius 3 is 2.72 bits per heavy atom. The van der Waals surface area contributed by atoms with E-state index >= 15 is 0 Å². The van der Waals surface area contributed by atoms with Crippen molar-refractivity contribution < 1.29 is 29.3 Å². The fourth-order valence-electron chi connectivity index (χ4n) is 6.08. The van der Waals surface area contributed by atoms with Crippen molar-refractivity contribution in [3.05, 3.63) is 59.2 Å². The van der Waals surface area contributed by atoms with E-state index in [1.807, 2.05) is 36.4 Å². The van der Waals surface area contributed by atoms with Gasteiger partial charge in [-0.2, -0.15) is 0 Å². The van der Waals surface area contributed by atoms with Crippen LogP contribution in [0.5, 0.6) is 11.5 Å². The number of nitrogens with zero attached hydrogens (tertiary/aromatic N) is 1. The minimum atomic E-state index is -1.33. The van der Waals surface area contributed by atoms with E-state index < -0.39 is 23.2 Å². The molecule has 0 spiro atoms. The van der Waals surface area contributed by atoms with Crippen molar-refractivity contribution in [2.45, 2.75) is 55.8 Å². The van der Waals surface area contributed by atoms with E-state index in [1.165, 1.54) is 7.11 Å². The molecule has 1 amide bonds. The Morgan fingerprint density at radius 2 is 1.97 bits per heavy atom. The number of Topliss-reactive ketones (excluding diaryl/α,β-unsaturated/α-hetero) is 1. The highest BCUT2D eigenvalue weighted by Crippen LogP contribution is 2.60. The number of aliphatic hydroxyl groups is 1. The van der Waals surface area contributed by atoms with Crippen LogP contribution in [0.15, 0.2) is 42.5 Å². The van der Waals surface area contributed by atoms with Gasteiger partial charge >= 0.3 is 6.09 Å². The zero-order chi connectivity index (χ0) is 22.5. The highest BCUT2D eigenvalue weighted by atomic mass is 16.6. The molecule has 1 aliphatic heterocycles. The van der Waals surface area contributed by atoms with Gasteiger partial charge in [0.15, 0.2) is 11.5 Å². The molecule has 2 N–H and O–H groups in total. The first kappa shape index (κ1) is 20.8. The van der Waals surface area contributed by atoms with E-state index in [0.717, 1.165) is 11.1 Å². The van der Waals surface area contributed by atoms with Crippen molar-refractivity contribution in [3.8, 4) is 11.5 Å². The summed E-state index contributed by atoms with van der Waals surface area (Å²) >= 11 is 0. The van der Waals surface area contributed by atoms with Crippen LogP contribution in [0.1, 0.15) is 42.4 Å². The third-order valence-electron chi connectivity index (χ3n) is 7.60. The molecule has 2 aromatic rings. The van der Waals surface area contributed by atoms with Crippen LogP contribution in [0, 0.1) is 0 Å². The van der Waals surface area contributed by atoms with Crippen LogP contribution in [0.25, 0.3) is 0 Å². The first-order valence-electron chi connectivity index (χ1n) is 11.0. The summed E-state index contributed by atoms with van der Waals surface area (Å²) in [7, 11) is 1.48. The van der Waals surface area contributed by atoms with E-state index in [4.69, 9.17) is 9.47 Å². The van der Waals surface area contributed by atoms with Gasteiger partial charge in [0.1, 0.15) is 12.4 Å². The Bertz CT molecular complexity index is 1070.